The molecule has 1 saturated carbocycles. The predicted octanol–water partition coefficient (Wildman–Crippen LogP) is 3.53. The summed E-state index contributed by atoms with van der Waals surface area (Å²) in [6, 6.07) is 1.99. The van der Waals surface area contributed by atoms with Crippen molar-refractivity contribution in [3.05, 3.63) is 23.9 Å². The van der Waals surface area contributed by atoms with Crippen LogP contribution in [0.25, 0.3) is 0 Å². The van der Waals surface area contributed by atoms with E-state index in [2.05, 4.69) is 10.3 Å². The van der Waals surface area contributed by atoms with Gasteiger partial charge >= 0.3 is 6.18 Å². The topological polar surface area (TPSA) is 24.9 Å². The van der Waals surface area contributed by atoms with Crippen LogP contribution in [0, 0.1) is 5.92 Å². The third-order valence-corrected chi connectivity index (χ3v) is 3.19. The number of anilines is 1. The zero-order chi connectivity index (χ0) is 12.5. The second kappa shape index (κ2) is 4.72. The van der Waals surface area contributed by atoms with Crippen LogP contribution in [0.5, 0.6) is 0 Å². The van der Waals surface area contributed by atoms with Gasteiger partial charge in [0.05, 0.1) is 5.56 Å². The molecule has 6 heteroatoms. The zero-order valence-electron chi connectivity index (χ0n) is 8.97. The zero-order valence-corrected chi connectivity index (χ0v) is 9.72. The summed E-state index contributed by atoms with van der Waals surface area (Å²) in [4.78, 5) is 3.86. The van der Waals surface area contributed by atoms with Crippen molar-refractivity contribution in [1.82, 2.24) is 4.98 Å². The van der Waals surface area contributed by atoms with E-state index in [0.717, 1.165) is 31.2 Å². The highest BCUT2D eigenvalue weighted by Crippen LogP contribution is 2.32. The summed E-state index contributed by atoms with van der Waals surface area (Å²) < 4.78 is 37.3. The third kappa shape index (κ3) is 3.25. The fourth-order valence-corrected chi connectivity index (χ4v) is 2.28. The Kier molecular flexibility index (Phi) is 3.47. The minimum Gasteiger partial charge on any atom is -0.370 e. The molecule has 0 aliphatic heterocycles. The van der Waals surface area contributed by atoms with E-state index in [-0.39, 0.29) is 11.2 Å². The molecule has 0 aromatic carbocycles. The first-order valence-corrected chi connectivity index (χ1v) is 5.80. The lowest BCUT2D eigenvalue weighted by molar-refractivity contribution is -0.137. The number of pyridine rings is 1. The average Bonchev–Trinajstić information content (AvgIpc) is 2.22. The van der Waals surface area contributed by atoms with Gasteiger partial charge in [-0.3, -0.25) is 0 Å². The molecule has 0 bridgehead atoms. The van der Waals surface area contributed by atoms with Gasteiger partial charge in [0.15, 0.2) is 0 Å². The predicted molar refractivity (Wildman–Crippen MR) is 60.1 cm³/mol. The van der Waals surface area contributed by atoms with E-state index in [0.29, 0.717) is 12.5 Å². The van der Waals surface area contributed by atoms with Gasteiger partial charge in [0.2, 0.25) is 0 Å². The molecule has 0 unspecified atom stereocenters. The minimum atomic E-state index is -4.32. The quantitative estimate of drug-likeness (QED) is 0.845. The summed E-state index contributed by atoms with van der Waals surface area (Å²) in [6.45, 7) is 0.623. The van der Waals surface area contributed by atoms with Gasteiger partial charge in [-0.1, -0.05) is 0 Å². The summed E-state index contributed by atoms with van der Waals surface area (Å²) in [6.07, 6.45) is -1.34. The number of hydrogen-bond donors (Lipinski definition) is 1. The van der Waals surface area contributed by atoms with Crippen LogP contribution in [0.4, 0.5) is 19.0 Å². The Labute approximate surface area is 102 Å². The molecule has 17 heavy (non-hydrogen) atoms. The molecule has 1 N–H and O–H groups in total. The molecule has 1 heterocycles. The van der Waals surface area contributed by atoms with E-state index >= 15 is 0 Å². The molecule has 0 saturated heterocycles. The largest absolute Gasteiger partial charge is 0.416 e. The van der Waals surface area contributed by atoms with E-state index < -0.39 is 11.7 Å². The summed E-state index contributed by atoms with van der Waals surface area (Å²) in [7, 11) is 0. The van der Waals surface area contributed by atoms with Crippen molar-refractivity contribution in [2.24, 2.45) is 5.92 Å². The molecule has 0 spiro atoms. The summed E-state index contributed by atoms with van der Waals surface area (Å²) >= 11 is 5.82. The van der Waals surface area contributed by atoms with Crippen LogP contribution >= 0.6 is 11.6 Å². The molecule has 1 aliphatic carbocycles. The smallest absolute Gasteiger partial charge is 0.370 e. The van der Waals surface area contributed by atoms with Crippen molar-refractivity contribution in [1.29, 1.82) is 0 Å². The summed E-state index contributed by atoms with van der Waals surface area (Å²) in [5.41, 5.74) is -0.682. The number of rotatable bonds is 3. The van der Waals surface area contributed by atoms with E-state index in [1.165, 1.54) is 0 Å². The van der Waals surface area contributed by atoms with Gasteiger partial charge in [-0.15, -0.1) is 11.6 Å². The normalized spacial score (nSPS) is 24.2. The monoisotopic (exact) mass is 264 g/mol. The molecule has 0 radical (unpaired) electrons. The molecule has 1 aromatic heterocycles. The van der Waals surface area contributed by atoms with Gasteiger partial charge in [0, 0.05) is 18.1 Å². The summed E-state index contributed by atoms with van der Waals surface area (Å²) in [5.74, 6) is 0.701. The maximum absolute atomic E-state index is 12.4. The molecule has 1 fully saturated rings. The lowest BCUT2D eigenvalue weighted by Gasteiger charge is -2.31. The molecule has 0 atom stereocenters. The first kappa shape index (κ1) is 12.5. The highest BCUT2D eigenvalue weighted by molar-refractivity contribution is 6.21. The lowest BCUT2D eigenvalue weighted by atomic mass is 9.85. The Morgan fingerprint density at radius 1 is 1.41 bits per heavy atom. The van der Waals surface area contributed by atoms with E-state index in [9.17, 15) is 13.2 Å². The van der Waals surface area contributed by atoms with Crippen LogP contribution in [0.3, 0.4) is 0 Å². The molecule has 94 valence electrons. The van der Waals surface area contributed by atoms with Crippen molar-refractivity contribution >= 4 is 17.4 Å². The first-order chi connectivity index (χ1) is 7.95. The van der Waals surface area contributed by atoms with Crippen molar-refractivity contribution in [3.63, 3.8) is 0 Å². The number of hydrogen-bond acceptors (Lipinski definition) is 2. The van der Waals surface area contributed by atoms with Gasteiger partial charge in [-0.25, -0.2) is 4.98 Å². The molecular formula is C11H12ClF3N2. The number of halogens is 4. The van der Waals surface area contributed by atoms with E-state index in [4.69, 9.17) is 11.6 Å². The Morgan fingerprint density at radius 3 is 2.71 bits per heavy atom. The van der Waals surface area contributed by atoms with Crippen LogP contribution < -0.4 is 5.32 Å². The molecule has 1 aromatic rings. The highest BCUT2D eigenvalue weighted by atomic mass is 35.5. The Morgan fingerprint density at radius 2 is 2.12 bits per heavy atom. The first-order valence-electron chi connectivity index (χ1n) is 5.36. The maximum Gasteiger partial charge on any atom is 0.416 e. The SMILES string of the molecule is FC(F)(F)c1ccnc(NCC2CC(Cl)C2)c1. The van der Waals surface area contributed by atoms with Gasteiger partial charge in [0.1, 0.15) is 5.82 Å². The number of aromatic nitrogens is 1. The van der Waals surface area contributed by atoms with Crippen LogP contribution in [0.15, 0.2) is 18.3 Å². The Hall–Kier alpha value is -0.970. The fraction of sp³-hybridized carbons (Fsp3) is 0.545. The molecule has 2 rings (SSSR count). The van der Waals surface area contributed by atoms with Gasteiger partial charge in [-0.2, -0.15) is 13.2 Å². The van der Waals surface area contributed by atoms with Crippen LogP contribution in [-0.4, -0.2) is 16.9 Å². The van der Waals surface area contributed by atoms with Crippen molar-refractivity contribution in [3.8, 4) is 0 Å². The van der Waals surface area contributed by atoms with E-state index in [1.54, 1.807) is 0 Å². The standard InChI is InChI=1S/C11H12ClF3N2/c12-9-3-7(4-9)6-17-10-5-8(1-2-16-10)11(13,14)15/h1-2,5,7,9H,3-4,6H2,(H,16,17). The summed E-state index contributed by atoms with van der Waals surface area (Å²) in [5, 5.41) is 3.13. The lowest BCUT2D eigenvalue weighted by Crippen LogP contribution is -2.30. The molecule has 0 amide bonds. The third-order valence-electron chi connectivity index (χ3n) is 2.84. The number of alkyl halides is 4. The van der Waals surface area contributed by atoms with Gasteiger partial charge in [-0.05, 0) is 30.9 Å². The van der Waals surface area contributed by atoms with E-state index in [1.807, 2.05) is 0 Å². The van der Waals surface area contributed by atoms with Gasteiger partial charge in [0.25, 0.3) is 0 Å². The van der Waals surface area contributed by atoms with Crippen LogP contribution in [0.1, 0.15) is 18.4 Å². The minimum absolute atomic E-state index is 0.219. The maximum atomic E-state index is 12.4. The highest BCUT2D eigenvalue weighted by Gasteiger charge is 2.31. The Bertz CT molecular complexity index is 389. The second-order valence-corrected chi connectivity index (χ2v) is 4.86. The molecule has 1 aliphatic rings. The van der Waals surface area contributed by atoms with Crippen molar-refractivity contribution in [2.45, 2.75) is 24.4 Å². The molecule has 2 nitrogen and oxygen atoms in total. The number of nitrogens with one attached hydrogen (secondary N) is 1. The Balaban J connectivity index is 1.92. The average molecular weight is 265 g/mol. The van der Waals surface area contributed by atoms with Crippen molar-refractivity contribution in [2.75, 3.05) is 11.9 Å². The van der Waals surface area contributed by atoms with Crippen LogP contribution in [-0.2, 0) is 6.18 Å². The molecular weight excluding hydrogens is 253 g/mol. The van der Waals surface area contributed by atoms with Gasteiger partial charge < -0.3 is 5.32 Å². The van der Waals surface area contributed by atoms with Crippen LogP contribution in [0.2, 0.25) is 0 Å². The number of nitrogens with zero attached hydrogens (tertiary/aromatic N) is 1. The fourth-order valence-electron chi connectivity index (χ4n) is 1.77. The second-order valence-electron chi connectivity index (χ2n) is 4.24. The van der Waals surface area contributed by atoms with Crippen molar-refractivity contribution < 1.29 is 13.2 Å².